The van der Waals surface area contributed by atoms with E-state index in [2.05, 4.69) is 0 Å². The Morgan fingerprint density at radius 2 is 2.36 bits per heavy atom. The Kier molecular flexibility index (Phi) is 1.44. The highest BCUT2D eigenvalue weighted by Gasteiger charge is 2.45. The van der Waals surface area contributed by atoms with Gasteiger partial charge in [-0.25, -0.2) is 0 Å². The third-order valence-electron chi connectivity index (χ3n) is 2.00. The van der Waals surface area contributed by atoms with Crippen molar-refractivity contribution in [1.29, 1.82) is 0 Å². The molecule has 1 aromatic rings. The van der Waals surface area contributed by atoms with Gasteiger partial charge >= 0.3 is 0 Å². The average molecular weight is 170 g/mol. The molecule has 1 aliphatic rings. The minimum atomic E-state index is -0.542. The summed E-state index contributed by atoms with van der Waals surface area (Å²) >= 11 is 1.57. The standard InChI is InChI=1S/C8H10O2S/c1-10-6-2-5-11-7(6)8(9)3-4-8/h2,5,9H,3-4H2,1H3. The molecule has 0 radical (unpaired) electrons. The largest absolute Gasteiger partial charge is 0.495 e. The van der Waals surface area contributed by atoms with Gasteiger partial charge in [-0.3, -0.25) is 0 Å². The van der Waals surface area contributed by atoms with Crippen molar-refractivity contribution in [3.8, 4) is 5.75 Å². The molecule has 1 aromatic heterocycles. The summed E-state index contributed by atoms with van der Waals surface area (Å²) in [5, 5.41) is 11.7. The van der Waals surface area contributed by atoms with E-state index in [0.717, 1.165) is 23.5 Å². The zero-order chi connectivity index (χ0) is 7.90. The molecule has 1 aliphatic carbocycles. The number of ether oxygens (including phenoxy) is 1. The molecule has 1 fully saturated rings. The molecule has 0 bridgehead atoms. The summed E-state index contributed by atoms with van der Waals surface area (Å²) in [6.07, 6.45) is 1.76. The van der Waals surface area contributed by atoms with Crippen LogP contribution in [0.3, 0.4) is 0 Å². The van der Waals surface area contributed by atoms with Gasteiger partial charge in [0.2, 0.25) is 0 Å². The molecule has 1 N–H and O–H groups in total. The van der Waals surface area contributed by atoms with E-state index in [1.54, 1.807) is 18.4 Å². The number of rotatable bonds is 2. The van der Waals surface area contributed by atoms with Crippen molar-refractivity contribution in [2.45, 2.75) is 18.4 Å². The maximum Gasteiger partial charge on any atom is 0.135 e. The molecule has 2 rings (SSSR count). The molecule has 0 atom stereocenters. The summed E-state index contributed by atoms with van der Waals surface area (Å²) in [6.45, 7) is 0. The number of aliphatic hydroxyl groups is 1. The third kappa shape index (κ3) is 1.04. The zero-order valence-corrected chi connectivity index (χ0v) is 7.15. The van der Waals surface area contributed by atoms with Gasteiger partial charge in [-0.05, 0) is 24.3 Å². The van der Waals surface area contributed by atoms with Gasteiger partial charge in [0.1, 0.15) is 11.4 Å². The van der Waals surface area contributed by atoms with Crippen molar-refractivity contribution in [1.82, 2.24) is 0 Å². The fourth-order valence-corrected chi connectivity index (χ4v) is 2.16. The zero-order valence-electron chi connectivity index (χ0n) is 6.33. The molecule has 0 aliphatic heterocycles. The van der Waals surface area contributed by atoms with Crippen molar-refractivity contribution in [2.24, 2.45) is 0 Å². The highest BCUT2D eigenvalue weighted by molar-refractivity contribution is 7.10. The van der Waals surface area contributed by atoms with Gasteiger partial charge in [0, 0.05) is 0 Å². The van der Waals surface area contributed by atoms with Crippen LogP contribution in [0.5, 0.6) is 5.75 Å². The molecule has 1 heterocycles. The van der Waals surface area contributed by atoms with E-state index in [4.69, 9.17) is 4.74 Å². The van der Waals surface area contributed by atoms with Crippen molar-refractivity contribution in [3.05, 3.63) is 16.3 Å². The van der Waals surface area contributed by atoms with Crippen molar-refractivity contribution < 1.29 is 9.84 Å². The van der Waals surface area contributed by atoms with Crippen LogP contribution < -0.4 is 4.74 Å². The molecule has 1 saturated carbocycles. The lowest BCUT2D eigenvalue weighted by molar-refractivity contribution is 0.152. The Morgan fingerprint density at radius 1 is 1.64 bits per heavy atom. The first-order valence-corrected chi connectivity index (χ1v) is 4.48. The molecule has 3 heteroatoms. The summed E-state index contributed by atoms with van der Waals surface area (Å²) in [5.41, 5.74) is -0.542. The first-order valence-electron chi connectivity index (χ1n) is 3.60. The Bertz CT molecular complexity index is 263. The fraction of sp³-hybridized carbons (Fsp3) is 0.500. The van der Waals surface area contributed by atoms with E-state index in [-0.39, 0.29) is 0 Å². The minimum absolute atomic E-state index is 0.542. The van der Waals surface area contributed by atoms with Gasteiger partial charge in [-0.1, -0.05) is 0 Å². The monoisotopic (exact) mass is 170 g/mol. The highest BCUT2D eigenvalue weighted by Crippen LogP contribution is 2.50. The highest BCUT2D eigenvalue weighted by atomic mass is 32.1. The Labute approximate surface area is 69.4 Å². The number of hydrogen-bond donors (Lipinski definition) is 1. The normalized spacial score (nSPS) is 19.8. The van der Waals surface area contributed by atoms with Crippen LogP contribution in [0, 0.1) is 0 Å². The second-order valence-corrected chi connectivity index (χ2v) is 3.77. The molecule has 0 aromatic carbocycles. The van der Waals surface area contributed by atoms with E-state index in [0.29, 0.717) is 0 Å². The summed E-state index contributed by atoms with van der Waals surface area (Å²) in [7, 11) is 1.64. The first-order chi connectivity index (χ1) is 5.26. The van der Waals surface area contributed by atoms with Gasteiger partial charge in [0.25, 0.3) is 0 Å². The molecule has 11 heavy (non-hydrogen) atoms. The SMILES string of the molecule is COc1ccsc1C1(O)CC1. The van der Waals surface area contributed by atoms with Gasteiger partial charge in [-0.2, -0.15) is 0 Å². The van der Waals surface area contributed by atoms with Crippen molar-refractivity contribution in [3.63, 3.8) is 0 Å². The molecule has 60 valence electrons. The quantitative estimate of drug-likeness (QED) is 0.732. The number of thiophene rings is 1. The predicted molar refractivity (Wildman–Crippen MR) is 44.0 cm³/mol. The topological polar surface area (TPSA) is 29.5 Å². The second-order valence-electron chi connectivity index (χ2n) is 2.85. The third-order valence-corrected chi connectivity index (χ3v) is 3.08. The van der Waals surface area contributed by atoms with Gasteiger partial charge in [0.15, 0.2) is 0 Å². The van der Waals surface area contributed by atoms with Crippen LogP contribution >= 0.6 is 11.3 Å². The molecule has 0 unspecified atom stereocenters. The van der Waals surface area contributed by atoms with Gasteiger partial charge < -0.3 is 9.84 Å². The van der Waals surface area contributed by atoms with Gasteiger partial charge in [0.05, 0.1) is 12.0 Å². The number of methoxy groups -OCH3 is 1. The maximum absolute atomic E-state index is 9.73. The lowest BCUT2D eigenvalue weighted by Gasteiger charge is -2.06. The molecular formula is C8H10O2S. The van der Waals surface area contributed by atoms with Crippen LogP contribution in [0.4, 0.5) is 0 Å². The van der Waals surface area contributed by atoms with Crippen LogP contribution in [0.1, 0.15) is 17.7 Å². The van der Waals surface area contributed by atoms with E-state index in [9.17, 15) is 5.11 Å². The van der Waals surface area contributed by atoms with Crippen LogP contribution in [-0.4, -0.2) is 12.2 Å². The molecule has 0 spiro atoms. The van der Waals surface area contributed by atoms with Crippen molar-refractivity contribution in [2.75, 3.05) is 7.11 Å². The van der Waals surface area contributed by atoms with Crippen molar-refractivity contribution >= 4 is 11.3 Å². The molecule has 0 saturated heterocycles. The van der Waals surface area contributed by atoms with Crippen LogP contribution in [0.25, 0.3) is 0 Å². The van der Waals surface area contributed by atoms with E-state index in [1.807, 2.05) is 11.4 Å². The smallest absolute Gasteiger partial charge is 0.135 e. The lowest BCUT2D eigenvalue weighted by atomic mass is 10.2. The summed E-state index contributed by atoms with van der Waals surface area (Å²) in [6, 6.07) is 1.90. The van der Waals surface area contributed by atoms with Crippen LogP contribution in [0.2, 0.25) is 0 Å². The van der Waals surface area contributed by atoms with Gasteiger partial charge in [-0.15, -0.1) is 11.3 Å². The summed E-state index contributed by atoms with van der Waals surface area (Å²) < 4.78 is 5.10. The summed E-state index contributed by atoms with van der Waals surface area (Å²) in [4.78, 5) is 0.986. The summed E-state index contributed by atoms with van der Waals surface area (Å²) in [5.74, 6) is 0.829. The predicted octanol–water partition coefficient (Wildman–Crippen LogP) is 1.74. The lowest BCUT2D eigenvalue weighted by Crippen LogP contribution is -2.02. The Hall–Kier alpha value is -0.540. The Balaban J connectivity index is 2.36. The fourth-order valence-electron chi connectivity index (χ4n) is 1.14. The molecular weight excluding hydrogens is 160 g/mol. The first kappa shape index (κ1) is 7.13. The minimum Gasteiger partial charge on any atom is -0.495 e. The van der Waals surface area contributed by atoms with E-state index < -0.39 is 5.60 Å². The maximum atomic E-state index is 9.73. The van der Waals surface area contributed by atoms with E-state index >= 15 is 0 Å². The average Bonchev–Trinajstić information content (AvgIpc) is 2.61. The second kappa shape index (κ2) is 2.22. The van der Waals surface area contributed by atoms with E-state index in [1.165, 1.54) is 0 Å². The van der Waals surface area contributed by atoms with Crippen LogP contribution in [0.15, 0.2) is 11.4 Å². The number of hydrogen-bond acceptors (Lipinski definition) is 3. The Morgan fingerprint density at radius 3 is 2.91 bits per heavy atom. The molecule has 2 nitrogen and oxygen atoms in total. The molecule has 0 amide bonds. The van der Waals surface area contributed by atoms with Crippen LogP contribution in [-0.2, 0) is 5.60 Å².